The summed E-state index contributed by atoms with van der Waals surface area (Å²) in [4.78, 5) is 28.5. The lowest BCUT2D eigenvalue weighted by atomic mass is 10.0. The van der Waals surface area contributed by atoms with E-state index in [2.05, 4.69) is 25.3 Å². The molecule has 3 aromatic heterocycles. The van der Waals surface area contributed by atoms with Gasteiger partial charge in [0.1, 0.15) is 5.65 Å². The van der Waals surface area contributed by atoms with Crippen LogP contribution in [0.5, 0.6) is 0 Å². The number of para-hydroxylation sites is 2. The summed E-state index contributed by atoms with van der Waals surface area (Å²) in [5.41, 5.74) is 2.46. The first kappa shape index (κ1) is 19.4. The number of aromatic nitrogens is 5. The van der Waals surface area contributed by atoms with E-state index in [0.29, 0.717) is 5.95 Å². The van der Waals surface area contributed by atoms with Crippen LogP contribution in [0.2, 0.25) is 10.6 Å². The van der Waals surface area contributed by atoms with Crippen LogP contribution in [0, 0.1) is 0 Å². The second-order valence-corrected chi connectivity index (χ2v) is 7.40. The largest absolute Gasteiger partial charge is 0.357 e. The molecule has 0 aliphatic heterocycles. The number of fused-ring (bicyclic) bond motifs is 4. The van der Waals surface area contributed by atoms with Gasteiger partial charge in [-0.3, -0.25) is 9.20 Å². The molecule has 6 aromatic rings. The summed E-state index contributed by atoms with van der Waals surface area (Å²) in [6, 6.07) is 19.7. The Labute approximate surface area is 185 Å². The first-order valence-corrected chi connectivity index (χ1v) is 10.1. The van der Waals surface area contributed by atoms with Gasteiger partial charge in [-0.25, -0.2) is 4.98 Å². The quantitative estimate of drug-likeness (QED) is 0.388. The molecule has 152 valence electrons. The lowest BCUT2D eigenvalue weighted by Crippen LogP contribution is -2.13. The number of halogens is 2. The molecule has 0 atom stereocenters. The number of anilines is 1. The smallest absolute Gasteiger partial charge is 0.264 e. The van der Waals surface area contributed by atoms with Crippen molar-refractivity contribution in [3.8, 4) is 0 Å². The number of benzene rings is 3. The van der Waals surface area contributed by atoms with Crippen molar-refractivity contribution in [2.75, 3.05) is 12.4 Å². The van der Waals surface area contributed by atoms with E-state index in [-0.39, 0.29) is 16.1 Å². The molecule has 0 amide bonds. The van der Waals surface area contributed by atoms with Crippen molar-refractivity contribution in [3.05, 3.63) is 81.6 Å². The maximum atomic E-state index is 12.9. The molecule has 6 rings (SSSR count). The van der Waals surface area contributed by atoms with Crippen molar-refractivity contribution in [1.29, 1.82) is 0 Å². The first-order chi connectivity index (χ1) is 15.1. The molecule has 7 nitrogen and oxygen atoms in total. The normalized spacial score (nSPS) is 11.2. The van der Waals surface area contributed by atoms with Gasteiger partial charge in [0.25, 0.3) is 5.56 Å². The van der Waals surface area contributed by atoms with Gasteiger partial charge in [-0.2, -0.15) is 15.0 Å². The highest BCUT2D eigenvalue weighted by atomic mass is 35.5. The molecule has 3 heterocycles. The molecule has 0 aliphatic carbocycles. The lowest BCUT2D eigenvalue weighted by Gasteiger charge is -2.06. The minimum Gasteiger partial charge on any atom is -0.357 e. The molecule has 0 radical (unpaired) electrons. The van der Waals surface area contributed by atoms with Crippen LogP contribution in [0.3, 0.4) is 0 Å². The summed E-state index contributed by atoms with van der Waals surface area (Å²) in [6.45, 7) is 0. The fourth-order valence-electron chi connectivity index (χ4n) is 3.68. The Morgan fingerprint density at radius 3 is 2.19 bits per heavy atom. The molecule has 0 bridgehead atoms. The minimum absolute atomic E-state index is 0.00278. The second-order valence-electron chi connectivity index (χ2n) is 6.72. The van der Waals surface area contributed by atoms with Crippen LogP contribution >= 0.6 is 23.2 Å². The number of nitrogens with zero attached hydrogens (tertiary/aromatic N) is 5. The molecule has 3 aromatic carbocycles. The Morgan fingerprint density at radius 1 is 0.806 bits per heavy atom. The summed E-state index contributed by atoms with van der Waals surface area (Å²) in [6.07, 6.45) is 0. The molecular weight excluding hydrogens is 435 g/mol. The van der Waals surface area contributed by atoms with Gasteiger partial charge in [0.05, 0.1) is 11.0 Å². The molecule has 9 heteroatoms. The van der Waals surface area contributed by atoms with Gasteiger partial charge in [-0.05, 0) is 46.8 Å². The van der Waals surface area contributed by atoms with Gasteiger partial charge in [0, 0.05) is 23.2 Å². The van der Waals surface area contributed by atoms with Crippen LogP contribution in [0.4, 0.5) is 5.95 Å². The van der Waals surface area contributed by atoms with Gasteiger partial charge in [0.15, 0.2) is 0 Å². The van der Waals surface area contributed by atoms with E-state index in [0.717, 1.165) is 38.2 Å². The van der Waals surface area contributed by atoms with E-state index in [9.17, 15) is 4.79 Å². The number of pyridine rings is 1. The molecule has 0 saturated carbocycles. The number of imidazole rings is 1. The zero-order valence-corrected chi connectivity index (χ0v) is 17.7. The molecule has 0 fully saturated rings. The van der Waals surface area contributed by atoms with E-state index in [4.69, 9.17) is 23.2 Å². The maximum absolute atomic E-state index is 12.9. The standard InChI is InChI=1S/C18H10N2O.C4H4Cl2N4/c21-18-13-8-4-6-11-5-3-7-12(16(11)13)17-19-14-9-1-2-10-15(14)20(17)18;1-7-4-9-2(5)8-3(6)10-4/h1-10H;1H3,(H,7,8,9,10). The second kappa shape index (κ2) is 7.61. The van der Waals surface area contributed by atoms with Crippen molar-refractivity contribution < 1.29 is 0 Å². The average Bonchev–Trinajstić information content (AvgIpc) is 3.17. The van der Waals surface area contributed by atoms with Gasteiger partial charge in [-0.1, -0.05) is 42.5 Å². The summed E-state index contributed by atoms with van der Waals surface area (Å²) >= 11 is 10.9. The highest BCUT2D eigenvalue weighted by Gasteiger charge is 2.14. The van der Waals surface area contributed by atoms with E-state index >= 15 is 0 Å². The third-order valence-corrected chi connectivity index (χ3v) is 5.28. The van der Waals surface area contributed by atoms with Crippen LogP contribution in [0.1, 0.15) is 0 Å². The zero-order valence-electron chi connectivity index (χ0n) is 16.2. The monoisotopic (exact) mass is 448 g/mol. The van der Waals surface area contributed by atoms with Crippen LogP contribution in [-0.4, -0.2) is 31.4 Å². The summed E-state index contributed by atoms with van der Waals surface area (Å²) in [5.74, 6) is 0.366. The molecular formula is C22H14Cl2N6O. The predicted octanol–water partition coefficient (Wildman–Crippen LogP) is 4.81. The van der Waals surface area contributed by atoms with E-state index in [1.54, 1.807) is 11.4 Å². The predicted molar refractivity (Wildman–Crippen MR) is 125 cm³/mol. The van der Waals surface area contributed by atoms with Crippen LogP contribution in [0.25, 0.3) is 38.2 Å². The summed E-state index contributed by atoms with van der Waals surface area (Å²) in [7, 11) is 1.67. The lowest BCUT2D eigenvalue weighted by molar-refractivity contribution is 1.05. The number of rotatable bonds is 1. The summed E-state index contributed by atoms with van der Waals surface area (Å²) < 4.78 is 1.73. The molecule has 0 saturated heterocycles. The summed E-state index contributed by atoms with van der Waals surface area (Å²) in [5, 5.41) is 6.72. The van der Waals surface area contributed by atoms with Gasteiger partial charge < -0.3 is 5.32 Å². The van der Waals surface area contributed by atoms with Crippen molar-refractivity contribution in [2.45, 2.75) is 0 Å². The van der Waals surface area contributed by atoms with Gasteiger partial charge in [-0.15, -0.1) is 0 Å². The fourth-order valence-corrected chi connectivity index (χ4v) is 4.04. The van der Waals surface area contributed by atoms with E-state index < -0.39 is 0 Å². The molecule has 0 unspecified atom stereocenters. The Balaban J connectivity index is 0.000000174. The van der Waals surface area contributed by atoms with Crippen molar-refractivity contribution in [2.24, 2.45) is 0 Å². The van der Waals surface area contributed by atoms with Crippen molar-refractivity contribution in [1.82, 2.24) is 24.3 Å². The zero-order chi connectivity index (χ0) is 21.5. The third kappa shape index (κ3) is 3.28. The molecule has 1 N–H and O–H groups in total. The third-order valence-electron chi connectivity index (χ3n) is 4.94. The van der Waals surface area contributed by atoms with E-state index in [1.165, 1.54) is 0 Å². The Hall–Kier alpha value is -3.55. The van der Waals surface area contributed by atoms with Crippen LogP contribution < -0.4 is 10.9 Å². The van der Waals surface area contributed by atoms with E-state index in [1.807, 2.05) is 60.7 Å². The average molecular weight is 449 g/mol. The fraction of sp³-hybridized carbons (Fsp3) is 0.0455. The Kier molecular flexibility index (Phi) is 4.77. The highest BCUT2D eigenvalue weighted by molar-refractivity contribution is 6.31. The van der Waals surface area contributed by atoms with Crippen molar-refractivity contribution >= 4 is 67.4 Å². The number of nitrogens with one attached hydrogen (secondary N) is 1. The van der Waals surface area contributed by atoms with Crippen molar-refractivity contribution in [3.63, 3.8) is 0 Å². The highest BCUT2D eigenvalue weighted by Crippen LogP contribution is 2.29. The van der Waals surface area contributed by atoms with Gasteiger partial charge >= 0.3 is 0 Å². The SMILES string of the molecule is CNc1nc(Cl)nc(Cl)n1.O=c1c2cccc3cccc(c32)c2nc3ccccc3n12. The van der Waals surface area contributed by atoms with Gasteiger partial charge in [0.2, 0.25) is 16.5 Å². The molecule has 31 heavy (non-hydrogen) atoms. The first-order valence-electron chi connectivity index (χ1n) is 9.36. The molecule has 0 aliphatic rings. The van der Waals surface area contributed by atoms with Crippen LogP contribution in [0.15, 0.2) is 65.5 Å². The topological polar surface area (TPSA) is 85.1 Å². The van der Waals surface area contributed by atoms with Crippen LogP contribution in [-0.2, 0) is 0 Å². The minimum atomic E-state index is 0.00278. The maximum Gasteiger partial charge on any atom is 0.264 e. The number of hydrogen-bond acceptors (Lipinski definition) is 6. The Bertz CT molecular complexity index is 1610. The number of hydrogen-bond donors (Lipinski definition) is 1. The Morgan fingerprint density at radius 2 is 1.48 bits per heavy atom. The molecule has 0 spiro atoms.